The first-order valence-corrected chi connectivity index (χ1v) is 11.3. The van der Waals surface area contributed by atoms with Gasteiger partial charge in [-0.05, 0) is 37.0 Å². The Morgan fingerprint density at radius 3 is 2.47 bits per heavy atom. The van der Waals surface area contributed by atoms with E-state index in [4.69, 9.17) is 21.1 Å². The molecule has 0 unspecified atom stereocenters. The maximum atomic E-state index is 13.6. The Balaban J connectivity index is 0.00000162. The number of carbonyl (C=O) groups excluding carboxylic acids is 4. The van der Waals surface area contributed by atoms with Crippen LogP contribution < -0.4 is 15.4 Å². The number of fused-ring (bicyclic) bond motifs is 2. The molecule has 3 heterocycles. The highest BCUT2D eigenvalue weighted by Crippen LogP contribution is 2.35. The molecule has 1 aliphatic carbocycles. The Morgan fingerprint density at radius 2 is 1.78 bits per heavy atom. The van der Waals surface area contributed by atoms with Crippen molar-refractivity contribution in [1.82, 2.24) is 10.2 Å². The number of carbonyl (C=O) groups is 4. The number of Topliss-reactive ketones (excluding diaryl/α,β-unsaturated/α-hetero) is 1. The van der Waals surface area contributed by atoms with Gasteiger partial charge in [-0.2, -0.15) is 54.0 Å². The number of hydrogen-bond acceptors (Lipinski definition) is 6. The molecular weight excluding hydrogens is 566 g/mol. The molecule has 0 spiro atoms. The molecule has 9 nitrogen and oxygen atoms in total. The summed E-state index contributed by atoms with van der Waals surface area (Å²) in [6.45, 7) is 0.0514. The maximum Gasteiger partial charge on any atom is 0.262 e. The first kappa shape index (κ1) is 32.8. The first-order chi connectivity index (χ1) is 15.4. The Morgan fingerprint density at radius 1 is 1.08 bits per heavy atom. The van der Waals surface area contributed by atoms with Gasteiger partial charge in [0.15, 0.2) is 12.4 Å². The van der Waals surface area contributed by atoms with Gasteiger partial charge in [-0.15, -0.1) is 11.6 Å². The van der Waals surface area contributed by atoms with Gasteiger partial charge in [0.25, 0.3) is 11.8 Å². The SMILES string of the molecule is O=C1COc2cc(C(=O)N[C@H](C(=O)N3C[C@H](Cl)[C@H]4OCC(=O)[C@H]43)C3CCCC3)ccc2N1.S.S.S.S. The zero-order valence-corrected chi connectivity index (χ0v) is 24.1. The second-order valence-corrected chi connectivity index (χ2v) is 9.30. The van der Waals surface area contributed by atoms with E-state index < -0.39 is 29.5 Å². The summed E-state index contributed by atoms with van der Waals surface area (Å²) in [5, 5.41) is 5.14. The molecule has 5 rings (SSSR count). The van der Waals surface area contributed by atoms with Crippen LogP contribution in [0.15, 0.2) is 18.2 Å². The molecule has 3 fully saturated rings. The quantitative estimate of drug-likeness (QED) is 0.509. The number of amides is 3. The summed E-state index contributed by atoms with van der Waals surface area (Å²) in [5.74, 6) is -0.716. The van der Waals surface area contributed by atoms with Crippen LogP contribution in [0.4, 0.5) is 5.69 Å². The molecule has 1 aromatic rings. The number of ether oxygens (including phenoxy) is 2. The van der Waals surface area contributed by atoms with Crippen LogP contribution >= 0.6 is 65.6 Å². The van der Waals surface area contributed by atoms with E-state index >= 15 is 0 Å². The van der Waals surface area contributed by atoms with Gasteiger partial charge >= 0.3 is 0 Å². The molecule has 0 radical (unpaired) electrons. The van der Waals surface area contributed by atoms with E-state index in [1.54, 1.807) is 18.2 Å². The Kier molecular flexibility index (Phi) is 12.3. The molecular formula is C22H32ClN3O6S4. The highest BCUT2D eigenvalue weighted by atomic mass is 35.5. The highest BCUT2D eigenvalue weighted by Gasteiger charge is 2.53. The fourth-order valence-electron chi connectivity index (χ4n) is 5.11. The normalized spacial score (nSPS) is 24.9. The third-order valence-electron chi connectivity index (χ3n) is 6.71. The predicted molar refractivity (Wildman–Crippen MR) is 155 cm³/mol. The minimum atomic E-state index is -0.752. The molecule has 2 saturated heterocycles. The van der Waals surface area contributed by atoms with Crippen LogP contribution in [0.3, 0.4) is 0 Å². The lowest BCUT2D eigenvalue weighted by molar-refractivity contribution is -0.139. The van der Waals surface area contributed by atoms with Gasteiger partial charge in [-0.3, -0.25) is 19.2 Å². The highest BCUT2D eigenvalue weighted by molar-refractivity contribution is 7.59. The van der Waals surface area contributed by atoms with Gasteiger partial charge in [0.05, 0.1) is 11.1 Å². The maximum absolute atomic E-state index is 13.6. The summed E-state index contributed by atoms with van der Waals surface area (Å²) in [5.41, 5.74) is 0.822. The second kappa shape index (κ2) is 13.5. The van der Waals surface area contributed by atoms with Crippen LogP contribution in [0.1, 0.15) is 36.0 Å². The molecule has 0 aromatic heterocycles. The van der Waals surface area contributed by atoms with Crippen molar-refractivity contribution in [2.24, 2.45) is 5.92 Å². The largest absolute Gasteiger partial charge is 0.482 e. The Hall–Kier alpha value is -1.25. The van der Waals surface area contributed by atoms with E-state index in [2.05, 4.69) is 10.6 Å². The number of hydrogen-bond donors (Lipinski definition) is 2. The van der Waals surface area contributed by atoms with E-state index in [1.165, 1.54) is 4.90 Å². The molecule has 4 aliphatic rings. The van der Waals surface area contributed by atoms with Gasteiger partial charge in [-0.25, -0.2) is 0 Å². The van der Waals surface area contributed by atoms with Gasteiger partial charge in [0, 0.05) is 12.1 Å². The Labute approximate surface area is 242 Å². The van der Waals surface area contributed by atoms with Crippen molar-refractivity contribution in [3.05, 3.63) is 23.8 Å². The van der Waals surface area contributed by atoms with Crippen LogP contribution in [0.25, 0.3) is 0 Å². The lowest BCUT2D eigenvalue weighted by atomic mass is 9.95. The molecule has 0 bridgehead atoms. The predicted octanol–water partition coefficient (Wildman–Crippen LogP) is 1.54. The van der Waals surface area contributed by atoms with Crippen molar-refractivity contribution in [2.75, 3.05) is 25.1 Å². The van der Waals surface area contributed by atoms with Crippen molar-refractivity contribution in [2.45, 2.75) is 49.2 Å². The van der Waals surface area contributed by atoms with Crippen LogP contribution in [-0.2, 0) is 19.1 Å². The summed E-state index contributed by atoms with van der Waals surface area (Å²) in [4.78, 5) is 52.0. The van der Waals surface area contributed by atoms with Crippen LogP contribution in [0, 0.1) is 5.92 Å². The third-order valence-corrected chi connectivity index (χ3v) is 7.09. The smallest absolute Gasteiger partial charge is 0.262 e. The third kappa shape index (κ3) is 6.24. The van der Waals surface area contributed by atoms with Crippen molar-refractivity contribution >= 4 is 94.8 Å². The van der Waals surface area contributed by atoms with Crippen molar-refractivity contribution in [3.8, 4) is 5.75 Å². The van der Waals surface area contributed by atoms with Crippen molar-refractivity contribution in [1.29, 1.82) is 0 Å². The summed E-state index contributed by atoms with van der Waals surface area (Å²) < 4.78 is 10.9. The molecule has 3 amide bonds. The second-order valence-electron chi connectivity index (χ2n) is 8.74. The van der Waals surface area contributed by atoms with Crippen LogP contribution in [-0.4, -0.2) is 71.7 Å². The molecule has 1 aromatic carbocycles. The number of ketones is 1. The van der Waals surface area contributed by atoms with E-state index in [0.29, 0.717) is 17.0 Å². The van der Waals surface area contributed by atoms with Crippen molar-refractivity contribution in [3.63, 3.8) is 0 Å². The molecule has 14 heteroatoms. The van der Waals surface area contributed by atoms with Gasteiger partial charge < -0.3 is 25.0 Å². The lowest BCUT2D eigenvalue weighted by Gasteiger charge is -2.30. The summed E-state index contributed by atoms with van der Waals surface area (Å²) in [6.07, 6.45) is 3.13. The average molecular weight is 598 g/mol. The van der Waals surface area contributed by atoms with E-state index in [9.17, 15) is 19.2 Å². The molecule has 3 aliphatic heterocycles. The minimum Gasteiger partial charge on any atom is -0.482 e. The summed E-state index contributed by atoms with van der Waals surface area (Å²) >= 11 is 6.36. The van der Waals surface area contributed by atoms with Crippen molar-refractivity contribution < 1.29 is 28.7 Å². The molecule has 1 saturated carbocycles. The number of rotatable bonds is 4. The Bertz CT molecular complexity index is 997. The average Bonchev–Trinajstić information content (AvgIpc) is 3.51. The number of alkyl halides is 1. The first-order valence-electron chi connectivity index (χ1n) is 10.9. The monoisotopic (exact) mass is 597 g/mol. The van der Waals surface area contributed by atoms with Gasteiger partial charge in [-0.1, -0.05) is 12.8 Å². The minimum absolute atomic E-state index is 0. The molecule has 202 valence electrons. The van der Waals surface area contributed by atoms with Crippen LogP contribution in [0.5, 0.6) is 5.75 Å². The van der Waals surface area contributed by atoms with E-state index in [1.807, 2.05) is 0 Å². The topological polar surface area (TPSA) is 114 Å². The molecule has 2 N–H and O–H groups in total. The number of nitrogens with zero attached hydrogens (tertiary/aromatic N) is 1. The van der Waals surface area contributed by atoms with Gasteiger partial charge in [0.1, 0.15) is 30.5 Å². The molecule has 36 heavy (non-hydrogen) atoms. The number of anilines is 1. The number of halogens is 1. The zero-order chi connectivity index (χ0) is 22.4. The van der Waals surface area contributed by atoms with E-state index in [0.717, 1.165) is 25.7 Å². The fraction of sp³-hybridized carbons (Fsp3) is 0.545. The fourth-order valence-corrected chi connectivity index (χ4v) is 5.47. The number of benzene rings is 1. The summed E-state index contributed by atoms with van der Waals surface area (Å²) in [7, 11) is 0. The standard InChI is InChI=1S/C22H24ClN3O6.4H2S/c23-13-8-26(19-15(27)9-32-20(13)19)22(30)18(11-3-1-2-4-11)25-21(29)12-5-6-14-16(7-12)31-10-17(28)24-14;;;;/h5-7,11,13,18-20H,1-4,8-10H2,(H,24,28)(H,25,29);4*1H2/t13-,18-,19+,20+;;;;/m0..../s1. The zero-order valence-electron chi connectivity index (χ0n) is 19.3. The summed E-state index contributed by atoms with van der Waals surface area (Å²) in [6, 6.07) is 3.29. The van der Waals surface area contributed by atoms with E-state index in [-0.39, 0.29) is 97.3 Å². The van der Waals surface area contributed by atoms with Crippen LogP contribution in [0.2, 0.25) is 0 Å². The molecule has 4 atom stereocenters. The number of nitrogens with one attached hydrogen (secondary N) is 2. The van der Waals surface area contributed by atoms with Gasteiger partial charge in [0.2, 0.25) is 5.91 Å². The lowest BCUT2D eigenvalue weighted by Crippen LogP contribution is -2.54. The number of likely N-dealkylation sites (tertiary alicyclic amines) is 1.